The molecule has 5 heteroatoms. The van der Waals surface area contributed by atoms with Crippen molar-refractivity contribution < 1.29 is 14.6 Å². The van der Waals surface area contributed by atoms with Crippen LogP contribution in [0.5, 0.6) is 5.75 Å². The van der Waals surface area contributed by atoms with Crippen LogP contribution >= 0.6 is 0 Å². The Labute approximate surface area is 93.5 Å². The Bertz CT molecular complexity index is 420. The zero-order valence-electron chi connectivity index (χ0n) is 9.23. The second-order valence-electron chi connectivity index (χ2n) is 3.95. The summed E-state index contributed by atoms with van der Waals surface area (Å²) in [5.74, 6) is 0.751. The number of rotatable bonds is 2. The van der Waals surface area contributed by atoms with Crippen molar-refractivity contribution in [3.63, 3.8) is 0 Å². The molecule has 1 aliphatic rings. The number of carboxylic acid groups (broad SMARTS) is 1. The van der Waals surface area contributed by atoms with E-state index >= 15 is 0 Å². The van der Waals surface area contributed by atoms with Gasteiger partial charge in [-0.15, -0.1) is 0 Å². The second kappa shape index (κ2) is 4.00. The minimum Gasteiger partial charge on any atom is -0.488 e. The van der Waals surface area contributed by atoms with Crippen LogP contribution in [0.3, 0.4) is 0 Å². The number of fused-ring (bicyclic) bond motifs is 1. The van der Waals surface area contributed by atoms with E-state index in [2.05, 4.69) is 10.3 Å². The molecule has 0 aliphatic carbocycles. The molecule has 2 atom stereocenters. The molecular formula is C11H14N2O3. The molecule has 0 unspecified atom stereocenters. The predicted octanol–water partition coefficient (Wildman–Crippen LogP) is 1.52. The van der Waals surface area contributed by atoms with Gasteiger partial charge in [-0.2, -0.15) is 0 Å². The predicted molar refractivity (Wildman–Crippen MR) is 57.8 cm³/mol. The Hall–Kier alpha value is -1.78. The first-order chi connectivity index (χ1) is 7.58. The van der Waals surface area contributed by atoms with Crippen LogP contribution in [0, 0.1) is 6.92 Å². The number of nitrogens with zero attached hydrogens (tertiary/aromatic N) is 1. The molecule has 86 valence electrons. The van der Waals surface area contributed by atoms with Gasteiger partial charge in [0.1, 0.15) is 11.9 Å². The minimum atomic E-state index is -1.02. The maximum Gasteiger partial charge on any atom is 0.404 e. The molecule has 0 saturated carbocycles. The van der Waals surface area contributed by atoms with Crippen molar-refractivity contribution in [3.8, 4) is 5.75 Å². The van der Waals surface area contributed by atoms with Gasteiger partial charge < -0.3 is 15.2 Å². The third-order valence-corrected chi connectivity index (χ3v) is 2.73. The van der Waals surface area contributed by atoms with Crippen LogP contribution in [0.15, 0.2) is 12.1 Å². The molecule has 0 fully saturated rings. The van der Waals surface area contributed by atoms with Crippen LogP contribution in [0.4, 0.5) is 4.79 Å². The summed E-state index contributed by atoms with van der Waals surface area (Å²) in [5, 5.41) is 11.0. The summed E-state index contributed by atoms with van der Waals surface area (Å²) in [6.45, 7) is 4.16. The molecule has 2 N–H and O–H groups in total. The number of hydrogen-bond donors (Lipinski definition) is 2. The summed E-state index contributed by atoms with van der Waals surface area (Å²) in [7, 11) is 0. The minimum absolute atomic E-state index is 0.00833. The maximum absolute atomic E-state index is 10.5. The van der Waals surface area contributed by atoms with E-state index in [0.29, 0.717) is 6.54 Å². The Morgan fingerprint density at radius 3 is 3.06 bits per heavy atom. The first-order valence-electron chi connectivity index (χ1n) is 5.19. The lowest BCUT2D eigenvalue weighted by atomic mass is 10.0. The normalized spacial score (nSPS) is 22.4. The molecular weight excluding hydrogens is 208 g/mol. The third-order valence-electron chi connectivity index (χ3n) is 2.73. The lowest BCUT2D eigenvalue weighted by Gasteiger charge is -2.13. The van der Waals surface area contributed by atoms with E-state index in [1.165, 1.54) is 0 Å². The smallest absolute Gasteiger partial charge is 0.404 e. The monoisotopic (exact) mass is 222 g/mol. The molecule has 1 aromatic heterocycles. The lowest BCUT2D eigenvalue weighted by molar-refractivity contribution is 0.188. The molecule has 1 aliphatic heterocycles. The number of hydrogen-bond acceptors (Lipinski definition) is 3. The van der Waals surface area contributed by atoms with Gasteiger partial charge in [-0.25, -0.2) is 4.79 Å². The first-order valence-corrected chi connectivity index (χ1v) is 5.19. The van der Waals surface area contributed by atoms with Crippen molar-refractivity contribution >= 4 is 6.09 Å². The number of nitrogens with one attached hydrogen (secondary N) is 1. The van der Waals surface area contributed by atoms with Gasteiger partial charge in [0.25, 0.3) is 0 Å². The molecule has 0 bridgehead atoms. The fraction of sp³-hybridized carbons (Fsp3) is 0.455. The van der Waals surface area contributed by atoms with E-state index in [0.717, 1.165) is 17.1 Å². The number of carbonyl (C=O) groups is 1. The van der Waals surface area contributed by atoms with Crippen molar-refractivity contribution in [2.75, 3.05) is 6.54 Å². The fourth-order valence-electron chi connectivity index (χ4n) is 1.89. The number of aromatic nitrogens is 1. The Balaban J connectivity index is 2.21. The highest BCUT2D eigenvalue weighted by Crippen LogP contribution is 2.36. The van der Waals surface area contributed by atoms with Gasteiger partial charge in [-0.1, -0.05) is 0 Å². The molecule has 0 spiro atoms. The zero-order chi connectivity index (χ0) is 11.7. The Morgan fingerprint density at radius 2 is 2.38 bits per heavy atom. The largest absolute Gasteiger partial charge is 0.488 e. The lowest BCUT2D eigenvalue weighted by Crippen LogP contribution is -2.30. The van der Waals surface area contributed by atoms with E-state index in [9.17, 15) is 4.79 Å². The van der Waals surface area contributed by atoms with Gasteiger partial charge in [0.2, 0.25) is 0 Å². The van der Waals surface area contributed by atoms with E-state index in [1.54, 1.807) is 0 Å². The van der Waals surface area contributed by atoms with Crippen molar-refractivity contribution in [3.05, 3.63) is 23.5 Å². The van der Waals surface area contributed by atoms with Crippen LogP contribution in [0.1, 0.15) is 24.2 Å². The van der Waals surface area contributed by atoms with Gasteiger partial charge in [-0.3, -0.25) is 4.98 Å². The van der Waals surface area contributed by atoms with Crippen molar-refractivity contribution in [2.24, 2.45) is 0 Å². The van der Waals surface area contributed by atoms with Crippen LogP contribution in [0.2, 0.25) is 0 Å². The summed E-state index contributed by atoms with van der Waals surface area (Å²) in [6, 6.07) is 3.77. The molecule has 1 amide bonds. The molecule has 0 aromatic carbocycles. The highest BCUT2D eigenvalue weighted by Gasteiger charge is 2.32. The average Bonchev–Trinajstić information content (AvgIpc) is 2.51. The van der Waals surface area contributed by atoms with E-state index < -0.39 is 6.09 Å². The van der Waals surface area contributed by atoms with E-state index in [4.69, 9.17) is 9.84 Å². The van der Waals surface area contributed by atoms with Crippen LogP contribution in [-0.4, -0.2) is 28.8 Å². The fourth-order valence-corrected chi connectivity index (χ4v) is 1.89. The van der Waals surface area contributed by atoms with Gasteiger partial charge in [0.05, 0.1) is 11.6 Å². The second-order valence-corrected chi connectivity index (χ2v) is 3.95. The summed E-state index contributed by atoms with van der Waals surface area (Å²) < 4.78 is 5.61. The van der Waals surface area contributed by atoms with E-state index in [1.807, 2.05) is 26.0 Å². The van der Waals surface area contributed by atoms with Gasteiger partial charge in [-0.05, 0) is 26.0 Å². The highest BCUT2D eigenvalue weighted by molar-refractivity contribution is 5.64. The standard InChI is InChI=1S/C11H14N2O3/c1-6-3-4-9-10(13-6)8(7(2)16-9)5-12-11(14)15/h3-4,7-8,12H,5H2,1-2H3,(H,14,15)/t7-,8-/m1/s1. The number of aryl methyl sites for hydroxylation is 1. The molecule has 5 nitrogen and oxygen atoms in total. The quantitative estimate of drug-likeness (QED) is 0.795. The summed E-state index contributed by atoms with van der Waals surface area (Å²) in [5.41, 5.74) is 1.76. The summed E-state index contributed by atoms with van der Waals surface area (Å²) in [4.78, 5) is 14.9. The summed E-state index contributed by atoms with van der Waals surface area (Å²) >= 11 is 0. The van der Waals surface area contributed by atoms with Gasteiger partial charge >= 0.3 is 6.09 Å². The molecule has 2 heterocycles. The molecule has 1 aromatic rings. The number of pyridine rings is 1. The molecule has 2 rings (SSSR count). The van der Waals surface area contributed by atoms with Crippen molar-refractivity contribution in [1.29, 1.82) is 0 Å². The van der Waals surface area contributed by atoms with Crippen LogP contribution < -0.4 is 10.1 Å². The third kappa shape index (κ3) is 1.93. The highest BCUT2D eigenvalue weighted by atomic mass is 16.5. The number of ether oxygens (including phenoxy) is 1. The first kappa shape index (κ1) is 10.7. The van der Waals surface area contributed by atoms with Crippen LogP contribution in [-0.2, 0) is 0 Å². The van der Waals surface area contributed by atoms with E-state index in [-0.39, 0.29) is 12.0 Å². The van der Waals surface area contributed by atoms with Gasteiger partial charge in [0.15, 0.2) is 0 Å². The Morgan fingerprint density at radius 1 is 1.62 bits per heavy atom. The molecule has 0 radical (unpaired) electrons. The topological polar surface area (TPSA) is 71.5 Å². The van der Waals surface area contributed by atoms with Crippen molar-refractivity contribution in [1.82, 2.24) is 10.3 Å². The molecule has 16 heavy (non-hydrogen) atoms. The number of amides is 1. The van der Waals surface area contributed by atoms with Crippen LogP contribution in [0.25, 0.3) is 0 Å². The SMILES string of the molecule is Cc1ccc2c(n1)[C@H](CNC(=O)O)[C@@H](C)O2. The molecule has 0 saturated heterocycles. The average molecular weight is 222 g/mol. The zero-order valence-corrected chi connectivity index (χ0v) is 9.23. The van der Waals surface area contributed by atoms with Crippen molar-refractivity contribution in [2.45, 2.75) is 25.9 Å². The van der Waals surface area contributed by atoms with Gasteiger partial charge in [0, 0.05) is 12.2 Å². The summed E-state index contributed by atoms with van der Waals surface area (Å²) in [6.07, 6.45) is -1.07. The Kier molecular flexibility index (Phi) is 2.68. The maximum atomic E-state index is 10.5.